The Morgan fingerprint density at radius 3 is 2.30 bits per heavy atom. The predicted molar refractivity (Wildman–Crippen MR) is 142 cm³/mol. The number of hydrogen-bond acceptors (Lipinski definition) is 2. The maximum atomic E-state index is 4.93. The molecule has 168 valence electrons. The molecule has 0 bridgehead atoms. The Hall–Kier alpha value is -3.13. The Bertz CT molecular complexity index is 1260. The molecule has 0 fully saturated rings. The summed E-state index contributed by atoms with van der Waals surface area (Å²) in [6, 6.07) is 17.1. The van der Waals surface area contributed by atoms with E-state index in [4.69, 9.17) is 4.99 Å². The fourth-order valence-corrected chi connectivity index (χ4v) is 5.42. The van der Waals surface area contributed by atoms with Crippen LogP contribution >= 0.6 is 0 Å². The molecule has 0 aromatic heterocycles. The molecule has 0 unspecified atom stereocenters. The summed E-state index contributed by atoms with van der Waals surface area (Å²) >= 11 is 0. The molecule has 0 spiro atoms. The van der Waals surface area contributed by atoms with Gasteiger partial charge in [-0.2, -0.15) is 0 Å². The number of anilines is 1. The summed E-state index contributed by atoms with van der Waals surface area (Å²) in [6.07, 6.45) is 12.7. The molecule has 1 aliphatic carbocycles. The van der Waals surface area contributed by atoms with Gasteiger partial charge >= 0.3 is 0 Å². The van der Waals surface area contributed by atoms with Gasteiger partial charge in [-0.25, -0.2) is 0 Å². The molecule has 0 atom stereocenters. The van der Waals surface area contributed by atoms with Gasteiger partial charge in [0.25, 0.3) is 0 Å². The predicted octanol–water partition coefficient (Wildman–Crippen LogP) is 8.32. The highest BCUT2D eigenvalue weighted by molar-refractivity contribution is 6.08. The van der Waals surface area contributed by atoms with E-state index in [9.17, 15) is 0 Å². The second-order valence-electron chi connectivity index (χ2n) is 10.5. The Kier molecular flexibility index (Phi) is 5.28. The normalized spacial score (nSPS) is 23.1. The van der Waals surface area contributed by atoms with E-state index >= 15 is 0 Å². The number of fused-ring (bicyclic) bond motifs is 2. The molecule has 2 aromatic rings. The van der Waals surface area contributed by atoms with Crippen molar-refractivity contribution in [2.75, 3.05) is 5.32 Å². The summed E-state index contributed by atoms with van der Waals surface area (Å²) in [7, 11) is 0. The third-order valence-corrected chi connectivity index (χ3v) is 7.75. The number of allylic oxidation sites excluding steroid dienone is 8. The fraction of sp³-hybridized carbons (Fsp3) is 0.323. The molecule has 1 N–H and O–H groups in total. The Morgan fingerprint density at radius 1 is 0.818 bits per heavy atom. The summed E-state index contributed by atoms with van der Waals surface area (Å²) < 4.78 is 0. The van der Waals surface area contributed by atoms with Crippen LogP contribution in [0.2, 0.25) is 0 Å². The molecule has 0 radical (unpaired) electrons. The smallest absolute Gasteiger partial charge is 0.0674 e. The maximum Gasteiger partial charge on any atom is 0.0674 e. The number of hydrogen-bond donors (Lipinski definition) is 1. The fourth-order valence-electron chi connectivity index (χ4n) is 5.42. The van der Waals surface area contributed by atoms with Crippen molar-refractivity contribution >= 4 is 17.1 Å². The molecule has 2 nitrogen and oxygen atoms in total. The average Bonchev–Trinajstić information content (AvgIpc) is 3.21. The van der Waals surface area contributed by atoms with Gasteiger partial charge in [-0.1, -0.05) is 76.2 Å². The van der Waals surface area contributed by atoms with Crippen LogP contribution in [-0.2, 0) is 10.8 Å². The van der Waals surface area contributed by atoms with Crippen LogP contribution in [0.5, 0.6) is 0 Å². The summed E-state index contributed by atoms with van der Waals surface area (Å²) in [4.78, 5) is 4.93. The second-order valence-corrected chi connectivity index (χ2v) is 10.5. The lowest BCUT2D eigenvalue weighted by molar-refractivity contribution is 0.654. The van der Waals surface area contributed by atoms with Crippen molar-refractivity contribution in [1.29, 1.82) is 0 Å². The second kappa shape index (κ2) is 8.02. The highest BCUT2D eigenvalue weighted by atomic mass is 14.9. The van der Waals surface area contributed by atoms with Crippen molar-refractivity contribution in [3.63, 3.8) is 0 Å². The molecule has 5 rings (SSSR count). The van der Waals surface area contributed by atoms with Gasteiger partial charge in [0, 0.05) is 22.2 Å². The zero-order chi connectivity index (χ0) is 23.2. The summed E-state index contributed by atoms with van der Waals surface area (Å²) in [5.41, 5.74) is 11.7. The third-order valence-electron chi connectivity index (χ3n) is 7.75. The van der Waals surface area contributed by atoms with Gasteiger partial charge < -0.3 is 5.32 Å². The maximum absolute atomic E-state index is 4.93. The Labute approximate surface area is 198 Å². The van der Waals surface area contributed by atoms with Gasteiger partial charge in [-0.05, 0) is 78.3 Å². The first-order valence-electron chi connectivity index (χ1n) is 12.1. The van der Waals surface area contributed by atoms with Crippen molar-refractivity contribution in [1.82, 2.24) is 0 Å². The Morgan fingerprint density at radius 2 is 1.55 bits per heavy atom. The van der Waals surface area contributed by atoms with Gasteiger partial charge in [0.05, 0.1) is 11.4 Å². The first kappa shape index (κ1) is 21.7. The zero-order valence-electron chi connectivity index (χ0n) is 20.5. The van der Waals surface area contributed by atoms with E-state index in [0.29, 0.717) is 0 Å². The van der Waals surface area contributed by atoms with Crippen LogP contribution in [0, 0.1) is 0 Å². The van der Waals surface area contributed by atoms with Crippen molar-refractivity contribution in [2.24, 2.45) is 4.99 Å². The number of rotatable bonds is 3. The molecular formula is C31H34N2. The highest BCUT2D eigenvalue weighted by Crippen LogP contribution is 2.43. The summed E-state index contributed by atoms with van der Waals surface area (Å²) in [6.45, 7) is 11.4. The van der Waals surface area contributed by atoms with Gasteiger partial charge in [0.1, 0.15) is 0 Å². The van der Waals surface area contributed by atoms with Crippen molar-refractivity contribution in [3.05, 3.63) is 106 Å². The molecule has 2 aliphatic heterocycles. The first-order valence-corrected chi connectivity index (χ1v) is 12.1. The minimum absolute atomic E-state index is 0.00385. The SMILES string of the molecule is CC1=C(/C=C/C2=Nc3ccccc3C2(C)C)CCC/C1=C\C=C1\Nc2ccccc2C1(C)C. The van der Waals surface area contributed by atoms with Crippen LogP contribution in [0.15, 0.2) is 100 Å². The van der Waals surface area contributed by atoms with Crippen LogP contribution in [0.25, 0.3) is 0 Å². The minimum atomic E-state index is -0.0476. The van der Waals surface area contributed by atoms with E-state index in [0.717, 1.165) is 24.2 Å². The van der Waals surface area contributed by atoms with E-state index in [2.05, 4.69) is 113 Å². The van der Waals surface area contributed by atoms with Crippen molar-refractivity contribution in [3.8, 4) is 0 Å². The third kappa shape index (κ3) is 3.72. The number of nitrogens with zero attached hydrogens (tertiary/aromatic N) is 1. The number of benzene rings is 2. The number of para-hydroxylation sites is 2. The quantitative estimate of drug-likeness (QED) is 0.516. The lowest BCUT2D eigenvalue weighted by atomic mass is 9.80. The molecule has 0 saturated heterocycles. The molecule has 2 heterocycles. The van der Waals surface area contributed by atoms with Gasteiger partial charge in [0.15, 0.2) is 0 Å². The van der Waals surface area contributed by atoms with Crippen LogP contribution in [-0.4, -0.2) is 5.71 Å². The van der Waals surface area contributed by atoms with E-state index in [1.165, 1.54) is 45.7 Å². The van der Waals surface area contributed by atoms with E-state index in [-0.39, 0.29) is 10.8 Å². The molecule has 0 saturated carbocycles. The largest absolute Gasteiger partial charge is 0.358 e. The average molecular weight is 435 g/mol. The monoisotopic (exact) mass is 434 g/mol. The molecular weight excluding hydrogens is 400 g/mol. The number of nitrogens with one attached hydrogen (secondary N) is 1. The van der Waals surface area contributed by atoms with Crippen molar-refractivity contribution in [2.45, 2.75) is 64.7 Å². The lowest BCUT2D eigenvalue weighted by Crippen LogP contribution is -2.23. The van der Waals surface area contributed by atoms with Crippen LogP contribution in [0.3, 0.4) is 0 Å². The summed E-state index contributed by atoms with van der Waals surface area (Å²) in [5, 5.41) is 3.64. The number of aliphatic imine (C=N–C) groups is 1. The molecule has 0 amide bonds. The molecule has 3 aliphatic rings. The van der Waals surface area contributed by atoms with E-state index < -0.39 is 0 Å². The zero-order valence-corrected chi connectivity index (χ0v) is 20.5. The van der Waals surface area contributed by atoms with Crippen LogP contribution in [0.1, 0.15) is 65.0 Å². The highest BCUT2D eigenvalue weighted by Gasteiger charge is 2.34. The topological polar surface area (TPSA) is 24.4 Å². The Balaban J connectivity index is 1.41. The molecule has 2 heteroatoms. The van der Waals surface area contributed by atoms with Crippen LogP contribution < -0.4 is 5.32 Å². The first-order chi connectivity index (χ1) is 15.8. The summed E-state index contributed by atoms with van der Waals surface area (Å²) in [5.74, 6) is 0. The molecule has 33 heavy (non-hydrogen) atoms. The van der Waals surface area contributed by atoms with Crippen molar-refractivity contribution < 1.29 is 0 Å². The van der Waals surface area contributed by atoms with Gasteiger partial charge in [-0.3, -0.25) is 4.99 Å². The van der Waals surface area contributed by atoms with Gasteiger partial charge in [0.2, 0.25) is 0 Å². The van der Waals surface area contributed by atoms with E-state index in [1.54, 1.807) is 0 Å². The minimum Gasteiger partial charge on any atom is -0.358 e. The molecule has 2 aromatic carbocycles. The standard InChI is InChI=1S/C31H34N2/c1-21-22(17-19-28-30(2,3)24-13-6-8-15-26(24)32-28)11-10-12-23(21)18-20-29-31(4,5)25-14-7-9-16-27(25)33-29/h6-9,13-20,32H,10-12H2,1-5H3/b20-18+,22-17+,28-19+. The lowest BCUT2D eigenvalue weighted by Gasteiger charge is -2.22. The van der Waals surface area contributed by atoms with Crippen LogP contribution in [0.4, 0.5) is 11.4 Å². The van der Waals surface area contributed by atoms with Gasteiger partial charge in [-0.15, -0.1) is 0 Å². The van der Waals surface area contributed by atoms with E-state index in [1.807, 2.05) is 0 Å².